The fraction of sp³-hybridized carbons (Fsp3) is 0.429. The standard InChI is InChI=1S/C14H19N3O/c1-3-11(2)16-10-14(18)17-13-6-4-12(5-7-13)8-9-15/h4-7,11,16H,3,8,10H2,1-2H3,(H,17,18). The molecule has 0 saturated heterocycles. The van der Waals surface area contributed by atoms with E-state index in [0.717, 1.165) is 17.7 Å². The zero-order chi connectivity index (χ0) is 13.4. The number of benzene rings is 1. The van der Waals surface area contributed by atoms with Crippen LogP contribution in [0.1, 0.15) is 25.8 Å². The number of hydrogen-bond acceptors (Lipinski definition) is 3. The van der Waals surface area contributed by atoms with E-state index in [1.165, 1.54) is 0 Å². The van der Waals surface area contributed by atoms with E-state index in [2.05, 4.69) is 23.6 Å². The summed E-state index contributed by atoms with van der Waals surface area (Å²) < 4.78 is 0. The molecule has 0 spiro atoms. The Labute approximate surface area is 108 Å². The van der Waals surface area contributed by atoms with Gasteiger partial charge < -0.3 is 10.6 Å². The van der Waals surface area contributed by atoms with E-state index in [1.54, 1.807) is 0 Å². The van der Waals surface area contributed by atoms with Gasteiger partial charge in [0.2, 0.25) is 5.91 Å². The monoisotopic (exact) mass is 245 g/mol. The first-order valence-corrected chi connectivity index (χ1v) is 6.14. The number of carbonyl (C=O) groups is 1. The number of carbonyl (C=O) groups excluding carboxylic acids is 1. The molecule has 1 aromatic rings. The van der Waals surface area contributed by atoms with Crippen molar-refractivity contribution in [3.63, 3.8) is 0 Å². The van der Waals surface area contributed by atoms with Gasteiger partial charge in [-0.05, 0) is 31.0 Å². The molecule has 0 fully saturated rings. The number of rotatable bonds is 6. The fourth-order valence-electron chi connectivity index (χ4n) is 1.41. The van der Waals surface area contributed by atoms with Gasteiger partial charge in [-0.3, -0.25) is 4.79 Å². The molecule has 4 heteroatoms. The third kappa shape index (κ3) is 4.98. The molecular weight excluding hydrogens is 226 g/mol. The molecule has 1 unspecified atom stereocenters. The average Bonchev–Trinajstić information content (AvgIpc) is 2.38. The Morgan fingerprint density at radius 3 is 2.61 bits per heavy atom. The first-order valence-electron chi connectivity index (χ1n) is 6.14. The Hall–Kier alpha value is -1.86. The maximum atomic E-state index is 11.6. The second-order valence-electron chi connectivity index (χ2n) is 4.27. The molecule has 0 saturated carbocycles. The first kappa shape index (κ1) is 14.2. The van der Waals surface area contributed by atoms with Crippen LogP contribution in [0.25, 0.3) is 0 Å². The van der Waals surface area contributed by atoms with Gasteiger partial charge in [-0.1, -0.05) is 19.1 Å². The molecule has 0 aromatic heterocycles. The van der Waals surface area contributed by atoms with Crippen molar-refractivity contribution in [2.75, 3.05) is 11.9 Å². The van der Waals surface area contributed by atoms with Crippen LogP contribution in [0.15, 0.2) is 24.3 Å². The lowest BCUT2D eigenvalue weighted by Crippen LogP contribution is -2.33. The molecule has 1 rings (SSSR count). The molecule has 18 heavy (non-hydrogen) atoms. The Bertz CT molecular complexity index is 420. The van der Waals surface area contributed by atoms with Crippen LogP contribution in [0.4, 0.5) is 5.69 Å². The van der Waals surface area contributed by atoms with Crippen molar-refractivity contribution in [1.82, 2.24) is 5.32 Å². The van der Waals surface area contributed by atoms with Crippen molar-refractivity contribution in [1.29, 1.82) is 5.26 Å². The summed E-state index contributed by atoms with van der Waals surface area (Å²) in [5.74, 6) is -0.0525. The second kappa shape index (κ2) is 7.46. The lowest BCUT2D eigenvalue weighted by Gasteiger charge is -2.11. The SMILES string of the molecule is CCC(C)NCC(=O)Nc1ccc(CC#N)cc1. The third-order valence-corrected chi connectivity index (χ3v) is 2.74. The van der Waals surface area contributed by atoms with E-state index in [9.17, 15) is 4.79 Å². The van der Waals surface area contributed by atoms with Gasteiger partial charge in [-0.2, -0.15) is 5.26 Å². The summed E-state index contributed by atoms with van der Waals surface area (Å²) in [7, 11) is 0. The maximum Gasteiger partial charge on any atom is 0.238 e. The van der Waals surface area contributed by atoms with Crippen LogP contribution in [0.3, 0.4) is 0 Å². The molecule has 0 heterocycles. The Balaban J connectivity index is 2.42. The van der Waals surface area contributed by atoms with Gasteiger partial charge in [-0.15, -0.1) is 0 Å². The predicted octanol–water partition coefficient (Wildman–Crippen LogP) is 2.08. The molecule has 0 radical (unpaired) electrons. The highest BCUT2D eigenvalue weighted by atomic mass is 16.1. The highest BCUT2D eigenvalue weighted by molar-refractivity contribution is 5.92. The minimum Gasteiger partial charge on any atom is -0.325 e. The molecule has 1 atom stereocenters. The van der Waals surface area contributed by atoms with Crippen LogP contribution < -0.4 is 10.6 Å². The number of nitriles is 1. The van der Waals surface area contributed by atoms with Crippen LogP contribution >= 0.6 is 0 Å². The van der Waals surface area contributed by atoms with E-state index in [4.69, 9.17) is 5.26 Å². The van der Waals surface area contributed by atoms with Gasteiger partial charge in [-0.25, -0.2) is 0 Å². The number of nitrogens with zero attached hydrogens (tertiary/aromatic N) is 1. The smallest absolute Gasteiger partial charge is 0.238 e. The van der Waals surface area contributed by atoms with E-state index >= 15 is 0 Å². The van der Waals surface area contributed by atoms with Crippen molar-refractivity contribution in [2.45, 2.75) is 32.7 Å². The summed E-state index contributed by atoms with van der Waals surface area (Å²) in [6.45, 7) is 4.43. The summed E-state index contributed by atoms with van der Waals surface area (Å²) in [6, 6.07) is 9.75. The topological polar surface area (TPSA) is 64.9 Å². The maximum absolute atomic E-state index is 11.6. The number of anilines is 1. The minimum atomic E-state index is -0.0525. The van der Waals surface area contributed by atoms with Crippen LogP contribution in [-0.2, 0) is 11.2 Å². The van der Waals surface area contributed by atoms with Crippen molar-refractivity contribution < 1.29 is 4.79 Å². The number of amides is 1. The largest absolute Gasteiger partial charge is 0.325 e. The Morgan fingerprint density at radius 2 is 2.06 bits per heavy atom. The van der Waals surface area contributed by atoms with Crippen LogP contribution in [0, 0.1) is 11.3 Å². The third-order valence-electron chi connectivity index (χ3n) is 2.74. The number of nitrogens with one attached hydrogen (secondary N) is 2. The Kier molecular flexibility index (Phi) is 5.89. The highest BCUT2D eigenvalue weighted by Gasteiger charge is 2.04. The zero-order valence-corrected chi connectivity index (χ0v) is 10.9. The van der Waals surface area contributed by atoms with Gasteiger partial charge in [0, 0.05) is 11.7 Å². The molecule has 0 bridgehead atoms. The molecule has 0 aliphatic rings. The van der Waals surface area contributed by atoms with Crippen LogP contribution in [0.2, 0.25) is 0 Å². The van der Waals surface area contributed by atoms with Crippen molar-refractivity contribution >= 4 is 11.6 Å². The normalized spacial score (nSPS) is 11.6. The summed E-state index contributed by atoms with van der Waals surface area (Å²) in [5, 5.41) is 14.5. The first-order chi connectivity index (χ1) is 8.65. The van der Waals surface area contributed by atoms with E-state index in [0.29, 0.717) is 19.0 Å². The lowest BCUT2D eigenvalue weighted by atomic mass is 10.1. The highest BCUT2D eigenvalue weighted by Crippen LogP contribution is 2.09. The van der Waals surface area contributed by atoms with Crippen molar-refractivity contribution in [3.05, 3.63) is 29.8 Å². The predicted molar refractivity (Wildman–Crippen MR) is 72.1 cm³/mol. The summed E-state index contributed by atoms with van der Waals surface area (Å²) in [4.78, 5) is 11.6. The molecular formula is C14H19N3O. The van der Waals surface area contributed by atoms with Crippen LogP contribution in [-0.4, -0.2) is 18.5 Å². The van der Waals surface area contributed by atoms with Gasteiger partial charge >= 0.3 is 0 Å². The van der Waals surface area contributed by atoms with E-state index < -0.39 is 0 Å². The number of hydrogen-bond donors (Lipinski definition) is 2. The van der Waals surface area contributed by atoms with Gasteiger partial charge in [0.25, 0.3) is 0 Å². The second-order valence-corrected chi connectivity index (χ2v) is 4.27. The van der Waals surface area contributed by atoms with Crippen molar-refractivity contribution in [3.8, 4) is 6.07 Å². The van der Waals surface area contributed by atoms with E-state index in [1.807, 2.05) is 31.2 Å². The van der Waals surface area contributed by atoms with Crippen LogP contribution in [0.5, 0.6) is 0 Å². The summed E-state index contributed by atoms with van der Waals surface area (Å²) >= 11 is 0. The van der Waals surface area contributed by atoms with Crippen molar-refractivity contribution in [2.24, 2.45) is 0 Å². The quantitative estimate of drug-likeness (QED) is 0.806. The fourth-order valence-corrected chi connectivity index (χ4v) is 1.41. The summed E-state index contributed by atoms with van der Waals surface area (Å²) in [5.41, 5.74) is 1.71. The molecule has 2 N–H and O–H groups in total. The van der Waals surface area contributed by atoms with Gasteiger partial charge in [0.1, 0.15) is 0 Å². The lowest BCUT2D eigenvalue weighted by molar-refractivity contribution is -0.115. The molecule has 0 aliphatic carbocycles. The molecule has 1 aromatic carbocycles. The molecule has 96 valence electrons. The van der Waals surface area contributed by atoms with Gasteiger partial charge in [0.15, 0.2) is 0 Å². The molecule has 1 amide bonds. The Morgan fingerprint density at radius 1 is 1.39 bits per heavy atom. The minimum absolute atomic E-state index is 0.0525. The van der Waals surface area contributed by atoms with E-state index in [-0.39, 0.29) is 5.91 Å². The average molecular weight is 245 g/mol. The molecule has 4 nitrogen and oxygen atoms in total. The summed E-state index contributed by atoms with van der Waals surface area (Å²) in [6.07, 6.45) is 1.39. The zero-order valence-electron chi connectivity index (χ0n) is 10.9. The molecule has 0 aliphatic heterocycles. The van der Waals surface area contributed by atoms with Gasteiger partial charge in [0.05, 0.1) is 19.0 Å².